The van der Waals surface area contributed by atoms with Crippen molar-refractivity contribution in [3.63, 3.8) is 0 Å². The molecule has 0 bridgehead atoms. The lowest BCUT2D eigenvalue weighted by Crippen LogP contribution is -2.30. The third kappa shape index (κ3) is 5.27. The number of aromatic nitrogens is 2. The van der Waals surface area contributed by atoms with E-state index in [-0.39, 0.29) is 11.4 Å². The SMILES string of the molecule is CCOc1ncccc1C(=O)OC(C)C(=O)Nc1nc(-c2ccc(Cl)c(Cl)c2)cs1. The zero-order valence-electron chi connectivity index (χ0n) is 16.0. The van der Waals surface area contributed by atoms with Gasteiger partial charge >= 0.3 is 5.97 Å². The summed E-state index contributed by atoms with van der Waals surface area (Å²) in [5.41, 5.74) is 1.55. The fraction of sp³-hybridized carbons (Fsp3) is 0.200. The molecule has 0 saturated carbocycles. The van der Waals surface area contributed by atoms with Gasteiger partial charge in [0.1, 0.15) is 5.56 Å². The lowest BCUT2D eigenvalue weighted by Gasteiger charge is -2.13. The zero-order chi connectivity index (χ0) is 21.7. The summed E-state index contributed by atoms with van der Waals surface area (Å²) in [4.78, 5) is 33.2. The van der Waals surface area contributed by atoms with Crippen molar-refractivity contribution in [2.75, 3.05) is 11.9 Å². The van der Waals surface area contributed by atoms with Crippen LogP contribution in [0.2, 0.25) is 10.0 Å². The summed E-state index contributed by atoms with van der Waals surface area (Å²) in [7, 11) is 0. The molecule has 30 heavy (non-hydrogen) atoms. The number of carbonyl (C=O) groups excluding carboxylic acids is 2. The third-order valence-corrected chi connectivity index (χ3v) is 5.37. The number of nitrogens with zero attached hydrogens (tertiary/aromatic N) is 2. The number of hydrogen-bond acceptors (Lipinski definition) is 7. The van der Waals surface area contributed by atoms with E-state index < -0.39 is 18.0 Å². The normalized spacial score (nSPS) is 11.6. The van der Waals surface area contributed by atoms with Crippen LogP contribution in [0.5, 0.6) is 5.88 Å². The topological polar surface area (TPSA) is 90.4 Å². The van der Waals surface area contributed by atoms with Crippen LogP contribution in [0.4, 0.5) is 5.13 Å². The molecule has 0 saturated heterocycles. The number of anilines is 1. The van der Waals surface area contributed by atoms with Gasteiger partial charge in [-0.05, 0) is 38.1 Å². The molecule has 1 amide bonds. The van der Waals surface area contributed by atoms with Crippen molar-refractivity contribution in [3.8, 4) is 17.1 Å². The van der Waals surface area contributed by atoms with Crippen molar-refractivity contribution in [1.82, 2.24) is 9.97 Å². The van der Waals surface area contributed by atoms with E-state index in [4.69, 9.17) is 32.7 Å². The van der Waals surface area contributed by atoms with Crippen LogP contribution >= 0.6 is 34.5 Å². The Labute approximate surface area is 187 Å². The molecule has 10 heteroatoms. The highest BCUT2D eigenvalue weighted by Crippen LogP contribution is 2.30. The summed E-state index contributed by atoms with van der Waals surface area (Å²) in [5, 5.41) is 5.63. The van der Waals surface area contributed by atoms with Crippen molar-refractivity contribution < 1.29 is 19.1 Å². The van der Waals surface area contributed by atoms with Crippen LogP contribution in [0.1, 0.15) is 24.2 Å². The van der Waals surface area contributed by atoms with E-state index in [1.54, 1.807) is 36.6 Å². The molecule has 0 fully saturated rings. The highest BCUT2D eigenvalue weighted by atomic mass is 35.5. The number of carbonyl (C=O) groups is 2. The average molecular weight is 466 g/mol. The maximum Gasteiger partial charge on any atom is 0.344 e. The van der Waals surface area contributed by atoms with Gasteiger partial charge < -0.3 is 9.47 Å². The Bertz CT molecular complexity index is 1070. The number of halogens is 2. The molecule has 3 aromatic rings. The van der Waals surface area contributed by atoms with Gasteiger partial charge in [-0.1, -0.05) is 29.3 Å². The predicted molar refractivity (Wildman–Crippen MR) is 116 cm³/mol. The molecule has 0 radical (unpaired) electrons. The first kappa shape index (κ1) is 22.0. The molecule has 0 aliphatic carbocycles. The fourth-order valence-corrected chi connectivity index (χ4v) is 3.42. The number of pyridine rings is 1. The Morgan fingerprint density at radius 3 is 2.77 bits per heavy atom. The molecule has 3 rings (SSSR count). The summed E-state index contributed by atoms with van der Waals surface area (Å²) in [6.45, 7) is 3.59. The van der Waals surface area contributed by atoms with E-state index in [9.17, 15) is 9.59 Å². The molecule has 2 aromatic heterocycles. The second kappa shape index (κ2) is 9.88. The summed E-state index contributed by atoms with van der Waals surface area (Å²) < 4.78 is 10.6. The number of esters is 1. The molecular formula is C20H17Cl2N3O4S. The van der Waals surface area contributed by atoms with Crippen LogP contribution in [0, 0.1) is 0 Å². The van der Waals surface area contributed by atoms with Gasteiger partial charge in [-0.3, -0.25) is 10.1 Å². The van der Waals surface area contributed by atoms with Crippen LogP contribution in [0.25, 0.3) is 11.3 Å². The van der Waals surface area contributed by atoms with Crippen LogP contribution in [0.3, 0.4) is 0 Å². The molecule has 156 valence electrons. The predicted octanol–water partition coefficient (Wildman–Crippen LogP) is 5.09. The van der Waals surface area contributed by atoms with Crippen molar-refractivity contribution in [2.24, 2.45) is 0 Å². The largest absolute Gasteiger partial charge is 0.477 e. The number of rotatable bonds is 7. The van der Waals surface area contributed by atoms with E-state index in [1.807, 2.05) is 0 Å². The summed E-state index contributed by atoms with van der Waals surface area (Å²) in [5.74, 6) is -1.06. The van der Waals surface area contributed by atoms with E-state index in [1.165, 1.54) is 30.5 Å². The van der Waals surface area contributed by atoms with Crippen molar-refractivity contribution in [1.29, 1.82) is 0 Å². The molecule has 0 spiro atoms. The van der Waals surface area contributed by atoms with Gasteiger partial charge in [-0.25, -0.2) is 14.8 Å². The highest BCUT2D eigenvalue weighted by Gasteiger charge is 2.23. The second-order valence-corrected chi connectivity index (χ2v) is 7.67. The Balaban J connectivity index is 1.64. The minimum absolute atomic E-state index is 0.148. The first-order valence-electron chi connectivity index (χ1n) is 8.89. The zero-order valence-corrected chi connectivity index (χ0v) is 18.3. The van der Waals surface area contributed by atoms with Crippen LogP contribution in [0.15, 0.2) is 41.9 Å². The molecule has 1 N–H and O–H groups in total. The molecule has 7 nitrogen and oxygen atoms in total. The maximum atomic E-state index is 12.4. The molecular weight excluding hydrogens is 449 g/mol. The Hall–Kier alpha value is -2.68. The molecule has 1 atom stereocenters. The molecule has 1 aromatic carbocycles. The van der Waals surface area contributed by atoms with E-state index in [2.05, 4.69) is 15.3 Å². The standard InChI is InChI=1S/C20H17Cl2N3O4S/c1-3-28-18-13(5-4-8-23-18)19(27)29-11(2)17(26)25-20-24-16(10-30-20)12-6-7-14(21)15(22)9-12/h4-11H,3H2,1-2H3,(H,24,25,26). The maximum absolute atomic E-state index is 12.4. The third-order valence-electron chi connectivity index (χ3n) is 3.87. The molecule has 2 heterocycles. The van der Waals surface area contributed by atoms with Crippen molar-refractivity contribution in [2.45, 2.75) is 20.0 Å². The van der Waals surface area contributed by atoms with Gasteiger partial charge in [0, 0.05) is 17.1 Å². The van der Waals surface area contributed by atoms with E-state index in [0.717, 1.165) is 5.56 Å². The lowest BCUT2D eigenvalue weighted by molar-refractivity contribution is -0.123. The summed E-state index contributed by atoms with van der Waals surface area (Å²) in [6, 6.07) is 8.26. The number of benzene rings is 1. The highest BCUT2D eigenvalue weighted by molar-refractivity contribution is 7.14. The van der Waals surface area contributed by atoms with Crippen LogP contribution in [-0.4, -0.2) is 34.6 Å². The Kier molecular flexibility index (Phi) is 7.25. The Morgan fingerprint density at radius 2 is 2.03 bits per heavy atom. The monoisotopic (exact) mass is 465 g/mol. The van der Waals surface area contributed by atoms with Gasteiger partial charge in [0.2, 0.25) is 5.88 Å². The molecule has 0 aliphatic heterocycles. The van der Waals surface area contributed by atoms with Gasteiger partial charge in [0.15, 0.2) is 11.2 Å². The minimum Gasteiger partial charge on any atom is -0.477 e. The quantitative estimate of drug-likeness (QED) is 0.488. The number of hydrogen-bond donors (Lipinski definition) is 1. The van der Waals surface area contributed by atoms with Crippen molar-refractivity contribution in [3.05, 3.63) is 57.5 Å². The fourth-order valence-electron chi connectivity index (χ4n) is 2.40. The van der Waals surface area contributed by atoms with Crippen LogP contribution < -0.4 is 10.1 Å². The number of ether oxygens (including phenoxy) is 2. The van der Waals surface area contributed by atoms with Gasteiger partial charge in [0.05, 0.1) is 22.3 Å². The lowest BCUT2D eigenvalue weighted by atomic mass is 10.2. The average Bonchev–Trinajstić information content (AvgIpc) is 3.19. The van der Waals surface area contributed by atoms with Crippen LogP contribution in [-0.2, 0) is 9.53 Å². The molecule has 0 aliphatic rings. The minimum atomic E-state index is -1.05. The first-order valence-corrected chi connectivity index (χ1v) is 10.5. The Morgan fingerprint density at radius 1 is 1.23 bits per heavy atom. The smallest absolute Gasteiger partial charge is 0.344 e. The first-order chi connectivity index (χ1) is 14.4. The summed E-state index contributed by atoms with van der Waals surface area (Å²) >= 11 is 13.2. The second-order valence-electron chi connectivity index (χ2n) is 5.99. The van der Waals surface area contributed by atoms with Gasteiger partial charge in [-0.15, -0.1) is 11.3 Å². The van der Waals surface area contributed by atoms with E-state index in [0.29, 0.717) is 27.5 Å². The summed E-state index contributed by atoms with van der Waals surface area (Å²) in [6.07, 6.45) is 0.454. The number of amides is 1. The molecule has 1 unspecified atom stereocenters. The number of thiazole rings is 1. The van der Waals surface area contributed by atoms with Crippen molar-refractivity contribution >= 4 is 51.5 Å². The van der Waals surface area contributed by atoms with Gasteiger partial charge in [0.25, 0.3) is 5.91 Å². The number of nitrogens with one attached hydrogen (secondary N) is 1. The van der Waals surface area contributed by atoms with Gasteiger partial charge in [-0.2, -0.15) is 0 Å². The van der Waals surface area contributed by atoms with E-state index >= 15 is 0 Å².